The van der Waals surface area contributed by atoms with Gasteiger partial charge in [-0.25, -0.2) is 4.79 Å². The van der Waals surface area contributed by atoms with Crippen LogP contribution in [-0.4, -0.2) is 22.7 Å². The minimum atomic E-state index is -1.04. The molecule has 0 bridgehead atoms. The van der Waals surface area contributed by atoms with E-state index in [-0.39, 0.29) is 6.54 Å². The molecule has 0 saturated heterocycles. The number of aryl methyl sites for hydroxylation is 1. The molecule has 0 fully saturated rings. The van der Waals surface area contributed by atoms with Crippen LogP contribution in [0.15, 0.2) is 60.9 Å². The van der Waals surface area contributed by atoms with E-state index in [1.54, 1.807) is 30.6 Å². The minimum Gasteiger partial charge on any atom is -0.465 e. The van der Waals surface area contributed by atoms with E-state index >= 15 is 0 Å². The average Bonchev–Trinajstić information content (AvgIpc) is 2.90. The van der Waals surface area contributed by atoms with Crippen LogP contribution in [0, 0.1) is 0 Å². The number of anilines is 1. The molecule has 2 aromatic carbocycles. The molecule has 1 aliphatic heterocycles. The lowest BCUT2D eigenvalue weighted by Crippen LogP contribution is -2.27. The van der Waals surface area contributed by atoms with Crippen LogP contribution >= 0.6 is 11.6 Å². The molecular weight excluding hydrogens is 402 g/mol. The average molecular weight is 424 g/mol. The molecule has 6 nitrogen and oxygen atoms in total. The predicted octanol–water partition coefficient (Wildman–Crippen LogP) is 5.25. The van der Waals surface area contributed by atoms with Crippen LogP contribution in [0.2, 0.25) is 5.02 Å². The highest BCUT2D eigenvalue weighted by Gasteiger charge is 2.25. The van der Waals surface area contributed by atoms with Gasteiger partial charge in [-0.1, -0.05) is 23.7 Å². The summed E-state index contributed by atoms with van der Waals surface area (Å²) < 4.78 is 6.08. The maximum atomic E-state index is 11.8. The Hall–Kier alpha value is -3.09. The van der Waals surface area contributed by atoms with Gasteiger partial charge >= 0.3 is 6.09 Å². The number of benzene rings is 2. The van der Waals surface area contributed by atoms with Gasteiger partial charge < -0.3 is 15.2 Å². The van der Waals surface area contributed by atoms with Crippen molar-refractivity contribution < 1.29 is 14.6 Å². The van der Waals surface area contributed by atoms with Gasteiger partial charge in [0.25, 0.3) is 0 Å². The quantitative estimate of drug-likeness (QED) is 0.530. The van der Waals surface area contributed by atoms with Crippen LogP contribution in [0.3, 0.4) is 0 Å². The number of carboxylic acid groups (broad SMARTS) is 1. The molecule has 1 aromatic heterocycles. The number of hydrogen-bond donors (Lipinski definition) is 2. The van der Waals surface area contributed by atoms with Crippen LogP contribution in [0.4, 0.5) is 10.5 Å². The lowest BCUT2D eigenvalue weighted by Gasteiger charge is -2.18. The van der Waals surface area contributed by atoms with Gasteiger partial charge in [0.1, 0.15) is 5.75 Å². The number of aromatic nitrogens is 1. The van der Waals surface area contributed by atoms with Gasteiger partial charge in [0.15, 0.2) is 5.75 Å². The second kappa shape index (κ2) is 9.15. The standard InChI is InChI=1S/C23H22ClN3O3/c24-19-5-6-21-20(13-19)27(23(28)29)15-18-4-3-16(12-22(18)30-21)2-1-9-26-14-17-7-10-25-11-8-17/h3-8,10-13,26H,1-2,9,14-15H2,(H,28,29). The number of nitrogens with zero attached hydrogens (tertiary/aromatic N) is 2. The van der Waals surface area contributed by atoms with E-state index in [0.717, 1.165) is 37.1 Å². The van der Waals surface area contributed by atoms with Gasteiger partial charge in [0.2, 0.25) is 0 Å². The van der Waals surface area contributed by atoms with Crippen molar-refractivity contribution in [3.8, 4) is 11.5 Å². The number of halogens is 1. The van der Waals surface area contributed by atoms with E-state index < -0.39 is 6.09 Å². The van der Waals surface area contributed by atoms with Crippen molar-refractivity contribution in [3.05, 3.63) is 82.6 Å². The first-order valence-corrected chi connectivity index (χ1v) is 10.2. The van der Waals surface area contributed by atoms with Crippen molar-refractivity contribution >= 4 is 23.4 Å². The maximum Gasteiger partial charge on any atom is 0.412 e. The molecule has 1 aliphatic rings. The zero-order chi connectivity index (χ0) is 20.9. The van der Waals surface area contributed by atoms with Crippen LogP contribution in [0.25, 0.3) is 0 Å². The molecule has 0 unspecified atom stereocenters. The second-order valence-electron chi connectivity index (χ2n) is 7.16. The summed E-state index contributed by atoms with van der Waals surface area (Å²) in [5.74, 6) is 1.17. The number of carbonyl (C=O) groups is 1. The third-order valence-electron chi connectivity index (χ3n) is 5.02. The Morgan fingerprint density at radius 1 is 1.10 bits per heavy atom. The zero-order valence-electron chi connectivity index (χ0n) is 16.3. The van der Waals surface area contributed by atoms with Gasteiger partial charge in [-0.15, -0.1) is 0 Å². The van der Waals surface area contributed by atoms with E-state index in [9.17, 15) is 9.90 Å². The molecular formula is C23H22ClN3O3. The fourth-order valence-electron chi connectivity index (χ4n) is 3.46. The highest BCUT2D eigenvalue weighted by molar-refractivity contribution is 6.31. The Morgan fingerprint density at radius 2 is 1.93 bits per heavy atom. The molecule has 2 N–H and O–H groups in total. The van der Waals surface area contributed by atoms with Crippen molar-refractivity contribution in [1.82, 2.24) is 10.3 Å². The molecule has 30 heavy (non-hydrogen) atoms. The number of nitrogens with one attached hydrogen (secondary N) is 1. The second-order valence-corrected chi connectivity index (χ2v) is 7.60. The SMILES string of the molecule is O=C(O)N1Cc2ccc(CCCNCc3ccncc3)cc2Oc2ccc(Cl)cc21. The first-order valence-electron chi connectivity index (χ1n) is 9.79. The van der Waals surface area contributed by atoms with E-state index in [2.05, 4.69) is 10.3 Å². The monoisotopic (exact) mass is 423 g/mol. The summed E-state index contributed by atoms with van der Waals surface area (Å²) >= 11 is 6.07. The lowest BCUT2D eigenvalue weighted by molar-refractivity contribution is 0.201. The van der Waals surface area contributed by atoms with Crippen molar-refractivity contribution in [2.75, 3.05) is 11.4 Å². The van der Waals surface area contributed by atoms with Gasteiger partial charge in [0.05, 0.1) is 12.2 Å². The highest BCUT2D eigenvalue weighted by Crippen LogP contribution is 2.40. The fraction of sp³-hybridized carbons (Fsp3) is 0.217. The van der Waals surface area contributed by atoms with Gasteiger partial charge in [-0.2, -0.15) is 0 Å². The van der Waals surface area contributed by atoms with Crippen molar-refractivity contribution in [3.63, 3.8) is 0 Å². The van der Waals surface area contributed by atoms with Crippen molar-refractivity contribution in [1.29, 1.82) is 0 Å². The summed E-state index contributed by atoms with van der Waals surface area (Å²) in [5.41, 5.74) is 3.64. The number of rotatable bonds is 6. The molecule has 0 atom stereocenters. The summed E-state index contributed by atoms with van der Waals surface area (Å²) in [4.78, 5) is 17.1. The van der Waals surface area contributed by atoms with Crippen LogP contribution in [0.5, 0.6) is 11.5 Å². The first-order chi connectivity index (χ1) is 14.6. The van der Waals surface area contributed by atoms with Crippen LogP contribution < -0.4 is 15.0 Å². The number of amides is 1. The predicted molar refractivity (Wildman–Crippen MR) is 116 cm³/mol. The Bertz CT molecular complexity index is 1040. The van der Waals surface area contributed by atoms with E-state index in [4.69, 9.17) is 16.3 Å². The molecule has 3 aromatic rings. The van der Waals surface area contributed by atoms with E-state index in [0.29, 0.717) is 22.2 Å². The van der Waals surface area contributed by atoms with E-state index in [1.165, 1.54) is 10.5 Å². The van der Waals surface area contributed by atoms with Crippen LogP contribution in [0.1, 0.15) is 23.1 Å². The number of ether oxygens (including phenoxy) is 1. The normalized spacial score (nSPS) is 12.5. The topological polar surface area (TPSA) is 74.7 Å². The summed E-state index contributed by atoms with van der Waals surface area (Å²) in [7, 11) is 0. The zero-order valence-corrected chi connectivity index (χ0v) is 17.1. The number of fused-ring (bicyclic) bond motifs is 2. The molecule has 154 valence electrons. The molecule has 0 aliphatic carbocycles. The Kier molecular flexibility index (Phi) is 6.16. The number of hydrogen-bond acceptors (Lipinski definition) is 4. The first kappa shape index (κ1) is 20.2. The van der Waals surface area contributed by atoms with Crippen LogP contribution in [-0.2, 0) is 19.5 Å². The van der Waals surface area contributed by atoms with Gasteiger partial charge in [-0.3, -0.25) is 9.88 Å². The third kappa shape index (κ3) is 4.72. The molecule has 4 rings (SSSR count). The third-order valence-corrected chi connectivity index (χ3v) is 5.26. The summed E-state index contributed by atoms with van der Waals surface area (Å²) in [5, 5.41) is 13.6. The molecule has 2 heterocycles. The summed E-state index contributed by atoms with van der Waals surface area (Å²) in [6, 6.07) is 15.0. The fourth-order valence-corrected chi connectivity index (χ4v) is 3.63. The van der Waals surface area contributed by atoms with Crippen molar-refractivity contribution in [2.24, 2.45) is 0 Å². The number of pyridine rings is 1. The summed E-state index contributed by atoms with van der Waals surface area (Å²) in [6.07, 6.45) is 4.43. The van der Waals surface area contributed by atoms with Gasteiger partial charge in [-0.05, 0) is 66.9 Å². The molecule has 7 heteroatoms. The van der Waals surface area contributed by atoms with Crippen molar-refractivity contribution in [2.45, 2.75) is 25.9 Å². The summed E-state index contributed by atoms with van der Waals surface area (Å²) in [6.45, 7) is 1.93. The Balaban J connectivity index is 1.42. The maximum absolute atomic E-state index is 11.8. The smallest absolute Gasteiger partial charge is 0.412 e. The molecule has 0 spiro atoms. The minimum absolute atomic E-state index is 0.214. The van der Waals surface area contributed by atoms with Gasteiger partial charge in [0, 0.05) is 29.5 Å². The molecule has 0 radical (unpaired) electrons. The highest BCUT2D eigenvalue weighted by atomic mass is 35.5. The molecule has 1 amide bonds. The van der Waals surface area contributed by atoms with E-state index in [1.807, 2.05) is 30.3 Å². The molecule has 0 saturated carbocycles. The Labute approximate surface area is 180 Å². The lowest BCUT2D eigenvalue weighted by atomic mass is 10.1. The largest absolute Gasteiger partial charge is 0.465 e. The Morgan fingerprint density at radius 3 is 2.73 bits per heavy atom.